The number of rotatable bonds is 3. The fraction of sp³-hybridized carbons (Fsp3) is 0.643. The van der Waals surface area contributed by atoms with E-state index in [9.17, 15) is 9.90 Å². The molecule has 2 heterocycles. The number of carboxylic acid groups (broad SMARTS) is 1. The van der Waals surface area contributed by atoms with Crippen molar-refractivity contribution < 1.29 is 9.90 Å². The molecule has 1 N–H and O–H groups in total. The lowest BCUT2D eigenvalue weighted by Gasteiger charge is -2.24. The van der Waals surface area contributed by atoms with E-state index in [2.05, 4.69) is 23.8 Å². The van der Waals surface area contributed by atoms with Crippen LogP contribution in [0, 0.1) is 12.8 Å². The zero-order valence-corrected chi connectivity index (χ0v) is 11.9. The van der Waals surface area contributed by atoms with Gasteiger partial charge in [-0.2, -0.15) is 0 Å². The minimum Gasteiger partial charge on any atom is -0.480 e. The van der Waals surface area contributed by atoms with E-state index >= 15 is 0 Å². The largest absolute Gasteiger partial charge is 0.480 e. The van der Waals surface area contributed by atoms with Gasteiger partial charge in [0.1, 0.15) is 6.04 Å². The number of anilines is 1. The summed E-state index contributed by atoms with van der Waals surface area (Å²) in [5, 5.41) is 9.37. The molecule has 2 unspecified atom stereocenters. The van der Waals surface area contributed by atoms with Crippen LogP contribution in [0.2, 0.25) is 0 Å². The zero-order valence-electron chi connectivity index (χ0n) is 11.9. The molecule has 5 nitrogen and oxygen atoms in total. The van der Waals surface area contributed by atoms with Crippen molar-refractivity contribution in [2.24, 2.45) is 5.92 Å². The zero-order chi connectivity index (χ0) is 14.2. The van der Waals surface area contributed by atoms with E-state index in [-0.39, 0.29) is 5.92 Å². The molecule has 2 rings (SSSR count). The summed E-state index contributed by atoms with van der Waals surface area (Å²) in [7, 11) is 0. The second kappa shape index (κ2) is 5.15. The van der Waals surface area contributed by atoms with Crippen LogP contribution in [0.1, 0.15) is 44.5 Å². The van der Waals surface area contributed by atoms with E-state index in [0.29, 0.717) is 18.4 Å². The standard InChI is InChI=1S/C14H21N3O2/c1-8(2)11-7-10(4)15-14(16-11)17-6-5-9(3)12(17)13(18)19/h7-9,12H,5-6H2,1-4H3,(H,18,19). The maximum Gasteiger partial charge on any atom is 0.326 e. The Morgan fingerprint density at radius 1 is 1.47 bits per heavy atom. The quantitative estimate of drug-likeness (QED) is 0.905. The van der Waals surface area contributed by atoms with Gasteiger partial charge >= 0.3 is 5.97 Å². The van der Waals surface area contributed by atoms with Gasteiger partial charge in [-0.1, -0.05) is 20.8 Å². The third-order valence-corrected chi connectivity index (χ3v) is 3.66. The molecule has 104 valence electrons. The predicted octanol–water partition coefficient (Wildman–Crippen LogP) is 2.21. The lowest BCUT2D eigenvalue weighted by Crippen LogP contribution is -2.40. The number of carbonyl (C=O) groups is 1. The fourth-order valence-electron chi connectivity index (χ4n) is 2.55. The van der Waals surface area contributed by atoms with E-state index in [1.807, 2.05) is 24.8 Å². The van der Waals surface area contributed by atoms with Crippen molar-refractivity contribution in [1.82, 2.24) is 9.97 Å². The summed E-state index contributed by atoms with van der Waals surface area (Å²) in [4.78, 5) is 22.2. The Kier molecular flexibility index (Phi) is 3.73. The maximum atomic E-state index is 11.4. The second-order valence-electron chi connectivity index (χ2n) is 5.63. The summed E-state index contributed by atoms with van der Waals surface area (Å²) in [5.41, 5.74) is 1.85. The van der Waals surface area contributed by atoms with Crippen LogP contribution in [0.5, 0.6) is 0 Å². The average molecular weight is 263 g/mol. The molecule has 0 radical (unpaired) electrons. The summed E-state index contributed by atoms with van der Waals surface area (Å²) < 4.78 is 0. The first-order valence-electron chi connectivity index (χ1n) is 6.75. The molecule has 0 aliphatic carbocycles. The molecule has 1 aromatic heterocycles. The number of carboxylic acids is 1. The summed E-state index contributed by atoms with van der Waals surface area (Å²) in [6.07, 6.45) is 0.866. The minimum absolute atomic E-state index is 0.129. The Bertz CT molecular complexity index is 488. The molecule has 1 aliphatic rings. The van der Waals surface area contributed by atoms with E-state index < -0.39 is 12.0 Å². The van der Waals surface area contributed by atoms with Gasteiger partial charge in [0, 0.05) is 17.9 Å². The highest BCUT2D eigenvalue weighted by Crippen LogP contribution is 2.28. The summed E-state index contributed by atoms with van der Waals surface area (Å²) in [6, 6.07) is 1.45. The van der Waals surface area contributed by atoms with Crippen LogP contribution < -0.4 is 4.90 Å². The molecule has 5 heteroatoms. The molecule has 1 saturated heterocycles. The van der Waals surface area contributed by atoms with Gasteiger partial charge in [0.05, 0.1) is 0 Å². The smallest absolute Gasteiger partial charge is 0.326 e. The Hall–Kier alpha value is -1.65. The Balaban J connectivity index is 2.38. The SMILES string of the molecule is Cc1cc(C(C)C)nc(N2CCC(C)C2C(=O)O)n1. The van der Waals surface area contributed by atoms with Crippen LogP contribution in [0.4, 0.5) is 5.95 Å². The molecule has 0 spiro atoms. The molecule has 1 aromatic rings. The van der Waals surface area contributed by atoms with Gasteiger partial charge in [0.15, 0.2) is 0 Å². The molecule has 2 atom stereocenters. The Morgan fingerprint density at radius 2 is 2.16 bits per heavy atom. The van der Waals surface area contributed by atoms with Crippen LogP contribution >= 0.6 is 0 Å². The number of aromatic nitrogens is 2. The summed E-state index contributed by atoms with van der Waals surface area (Å²) in [5.74, 6) is 0.203. The fourth-order valence-corrected chi connectivity index (χ4v) is 2.55. The molecular weight excluding hydrogens is 242 g/mol. The molecule has 1 fully saturated rings. The van der Waals surface area contributed by atoms with Crippen LogP contribution in [0.3, 0.4) is 0 Å². The van der Waals surface area contributed by atoms with E-state index in [4.69, 9.17) is 0 Å². The van der Waals surface area contributed by atoms with E-state index in [0.717, 1.165) is 17.8 Å². The first-order valence-corrected chi connectivity index (χ1v) is 6.75. The molecule has 19 heavy (non-hydrogen) atoms. The van der Waals surface area contributed by atoms with Crippen molar-refractivity contribution in [3.8, 4) is 0 Å². The first kappa shape index (κ1) is 13.8. The van der Waals surface area contributed by atoms with Gasteiger partial charge in [-0.15, -0.1) is 0 Å². The highest BCUT2D eigenvalue weighted by atomic mass is 16.4. The normalized spacial score (nSPS) is 23.1. The highest BCUT2D eigenvalue weighted by molar-refractivity contribution is 5.78. The van der Waals surface area contributed by atoms with Gasteiger partial charge in [-0.05, 0) is 31.2 Å². The van der Waals surface area contributed by atoms with E-state index in [1.54, 1.807) is 0 Å². The van der Waals surface area contributed by atoms with Crippen molar-refractivity contribution in [3.05, 3.63) is 17.5 Å². The number of aliphatic carboxylic acids is 1. The monoisotopic (exact) mass is 263 g/mol. The van der Waals surface area contributed by atoms with Crippen molar-refractivity contribution >= 4 is 11.9 Å². The highest BCUT2D eigenvalue weighted by Gasteiger charge is 2.38. The van der Waals surface area contributed by atoms with Gasteiger partial charge in [-0.25, -0.2) is 14.8 Å². The third-order valence-electron chi connectivity index (χ3n) is 3.66. The lowest BCUT2D eigenvalue weighted by atomic mass is 10.0. The third kappa shape index (κ3) is 2.69. The van der Waals surface area contributed by atoms with Crippen LogP contribution in [0.25, 0.3) is 0 Å². The van der Waals surface area contributed by atoms with Crippen molar-refractivity contribution in [2.75, 3.05) is 11.4 Å². The molecule has 0 saturated carbocycles. The van der Waals surface area contributed by atoms with Crippen molar-refractivity contribution in [1.29, 1.82) is 0 Å². The summed E-state index contributed by atoms with van der Waals surface area (Å²) in [6.45, 7) is 8.75. The molecule has 0 aromatic carbocycles. The average Bonchev–Trinajstić information content (AvgIpc) is 2.70. The summed E-state index contributed by atoms with van der Waals surface area (Å²) >= 11 is 0. The van der Waals surface area contributed by atoms with Crippen LogP contribution in [0.15, 0.2) is 6.07 Å². The van der Waals surface area contributed by atoms with Crippen LogP contribution in [-0.2, 0) is 4.79 Å². The first-order chi connectivity index (χ1) is 8.90. The maximum absolute atomic E-state index is 11.4. The van der Waals surface area contributed by atoms with Gasteiger partial charge in [0.25, 0.3) is 0 Å². The van der Waals surface area contributed by atoms with Gasteiger partial charge < -0.3 is 10.0 Å². The Morgan fingerprint density at radius 3 is 2.74 bits per heavy atom. The van der Waals surface area contributed by atoms with E-state index in [1.165, 1.54) is 0 Å². The minimum atomic E-state index is -0.791. The number of hydrogen-bond donors (Lipinski definition) is 1. The predicted molar refractivity (Wildman–Crippen MR) is 73.4 cm³/mol. The molecule has 0 amide bonds. The van der Waals surface area contributed by atoms with Crippen molar-refractivity contribution in [2.45, 2.75) is 46.1 Å². The number of nitrogens with zero attached hydrogens (tertiary/aromatic N) is 3. The number of aryl methyl sites for hydroxylation is 1. The van der Waals surface area contributed by atoms with Gasteiger partial charge in [-0.3, -0.25) is 0 Å². The van der Waals surface area contributed by atoms with Crippen LogP contribution in [-0.4, -0.2) is 33.6 Å². The Labute approximate surface area is 113 Å². The van der Waals surface area contributed by atoms with Crippen molar-refractivity contribution in [3.63, 3.8) is 0 Å². The molecule has 1 aliphatic heterocycles. The topological polar surface area (TPSA) is 66.3 Å². The number of hydrogen-bond acceptors (Lipinski definition) is 4. The molecular formula is C14H21N3O2. The molecule has 0 bridgehead atoms. The van der Waals surface area contributed by atoms with Gasteiger partial charge in [0.2, 0.25) is 5.95 Å². The lowest BCUT2D eigenvalue weighted by molar-refractivity contribution is -0.139. The second-order valence-corrected chi connectivity index (χ2v) is 5.63.